The van der Waals surface area contributed by atoms with Crippen LogP contribution in [0.3, 0.4) is 0 Å². The van der Waals surface area contributed by atoms with Crippen LogP contribution in [0.25, 0.3) is 16.7 Å². The Bertz CT molecular complexity index is 686. The largest absolute Gasteiger partial charge is 0.299 e. The maximum absolute atomic E-state index is 4.41. The number of rotatable bonds is 1. The molecule has 0 aliphatic carbocycles. The molecular weight excluding hydrogens is 276 g/mol. The van der Waals surface area contributed by atoms with E-state index in [0.717, 1.165) is 15.5 Å². The number of aryl methyl sites for hydroxylation is 1. The van der Waals surface area contributed by atoms with Crippen molar-refractivity contribution in [2.24, 2.45) is 0 Å². The van der Waals surface area contributed by atoms with Gasteiger partial charge in [0.15, 0.2) is 0 Å². The van der Waals surface area contributed by atoms with E-state index in [1.165, 1.54) is 11.3 Å². The number of benzene rings is 2. The van der Waals surface area contributed by atoms with Gasteiger partial charge in [-0.2, -0.15) is 0 Å². The fourth-order valence-corrected chi connectivity index (χ4v) is 2.52. The fraction of sp³-hybridized carbons (Fsp3) is 0.0714. The van der Waals surface area contributed by atoms with Gasteiger partial charge in [-0.05, 0) is 42.8 Å². The van der Waals surface area contributed by atoms with Crippen molar-refractivity contribution in [1.82, 2.24) is 9.55 Å². The van der Waals surface area contributed by atoms with Gasteiger partial charge in [-0.1, -0.05) is 28.1 Å². The monoisotopic (exact) mass is 286 g/mol. The van der Waals surface area contributed by atoms with Crippen molar-refractivity contribution in [3.8, 4) is 5.69 Å². The Morgan fingerprint density at radius 3 is 2.76 bits per heavy atom. The van der Waals surface area contributed by atoms with Crippen molar-refractivity contribution in [3.05, 3.63) is 58.8 Å². The summed E-state index contributed by atoms with van der Waals surface area (Å²) < 4.78 is 3.22. The third-order valence-corrected chi connectivity index (χ3v) is 3.37. The van der Waals surface area contributed by atoms with Crippen molar-refractivity contribution < 1.29 is 0 Å². The molecule has 0 amide bonds. The van der Waals surface area contributed by atoms with E-state index in [1.54, 1.807) is 0 Å². The van der Waals surface area contributed by atoms with Crippen molar-refractivity contribution >= 4 is 27.0 Å². The highest BCUT2D eigenvalue weighted by Crippen LogP contribution is 2.23. The van der Waals surface area contributed by atoms with Crippen LogP contribution in [0.4, 0.5) is 0 Å². The first-order valence-corrected chi connectivity index (χ1v) is 6.23. The second-order valence-electron chi connectivity index (χ2n) is 4.03. The molecule has 1 aromatic heterocycles. The summed E-state index contributed by atoms with van der Waals surface area (Å²) in [4.78, 5) is 4.41. The Morgan fingerprint density at radius 2 is 1.94 bits per heavy atom. The van der Waals surface area contributed by atoms with Crippen LogP contribution in [0.15, 0.2) is 53.3 Å². The molecule has 84 valence electrons. The number of fused-ring (bicyclic) bond motifs is 1. The molecule has 3 heteroatoms. The van der Waals surface area contributed by atoms with Gasteiger partial charge >= 0.3 is 0 Å². The predicted molar refractivity (Wildman–Crippen MR) is 73.5 cm³/mol. The summed E-state index contributed by atoms with van der Waals surface area (Å²) >= 11 is 3.48. The van der Waals surface area contributed by atoms with Crippen LogP contribution < -0.4 is 0 Å². The number of nitrogens with zero attached hydrogens (tertiary/aromatic N) is 2. The van der Waals surface area contributed by atoms with Crippen LogP contribution in [0.1, 0.15) is 5.56 Å². The van der Waals surface area contributed by atoms with Crippen LogP contribution in [0, 0.1) is 6.92 Å². The van der Waals surface area contributed by atoms with Crippen LogP contribution in [0.5, 0.6) is 0 Å². The van der Waals surface area contributed by atoms with Gasteiger partial charge in [0.25, 0.3) is 0 Å². The molecule has 0 N–H and O–H groups in total. The van der Waals surface area contributed by atoms with Crippen molar-refractivity contribution in [2.75, 3.05) is 0 Å². The van der Waals surface area contributed by atoms with Gasteiger partial charge in [-0.3, -0.25) is 4.57 Å². The standard InChI is InChI=1S/C14H11BrN2/c1-10-8-11(15)6-7-13(10)17-9-16-12-4-2-3-5-14(12)17/h2-9H,1H3. The van der Waals surface area contributed by atoms with Gasteiger partial charge in [0.2, 0.25) is 0 Å². The van der Waals surface area contributed by atoms with E-state index in [-0.39, 0.29) is 0 Å². The predicted octanol–water partition coefficient (Wildman–Crippen LogP) is 4.10. The van der Waals surface area contributed by atoms with Gasteiger partial charge in [0.05, 0.1) is 16.7 Å². The molecule has 0 aliphatic heterocycles. The molecule has 0 saturated carbocycles. The summed E-state index contributed by atoms with van der Waals surface area (Å²) in [6, 6.07) is 14.4. The van der Waals surface area contributed by atoms with E-state index in [9.17, 15) is 0 Å². The second-order valence-corrected chi connectivity index (χ2v) is 4.95. The summed E-state index contributed by atoms with van der Waals surface area (Å²) in [5.41, 5.74) is 4.55. The van der Waals surface area contributed by atoms with E-state index in [0.29, 0.717) is 0 Å². The quantitative estimate of drug-likeness (QED) is 0.659. The van der Waals surface area contributed by atoms with E-state index in [1.807, 2.05) is 24.5 Å². The van der Waals surface area contributed by atoms with Crippen LogP contribution in [0.2, 0.25) is 0 Å². The normalized spacial score (nSPS) is 10.9. The van der Waals surface area contributed by atoms with Gasteiger partial charge in [0, 0.05) is 4.47 Å². The lowest BCUT2D eigenvalue weighted by Gasteiger charge is -2.08. The Hall–Kier alpha value is -1.61. The second kappa shape index (κ2) is 4.00. The minimum Gasteiger partial charge on any atom is -0.299 e. The number of halogens is 1. The smallest absolute Gasteiger partial charge is 0.100 e. The number of hydrogen-bond acceptors (Lipinski definition) is 1. The third-order valence-electron chi connectivity index (χ3n) is 2.87. The van der Waals surface area contributed by atoms with Gasteiger partial charge in [0.1, 0.15) is 6.33 Å². The summed E-state index contributed by atoms with van der Waals surface area (Å²) in [7, 11) is 0. The first-order valence-electron chi connectivity index (χ1n) is 5.44. The molecule has 0 unspecified atom stereocenters. The molecule has 0 bridgehead atoms. The Morgan fingerprint density at radius 1 is 1.12 bits per heavy atom. The summed E-state index contributed by atoms with van der Waals surface area (Å²) in [6.45, 7) is 2.11. The summed E-state index contributed by atoms with van der Waals surface area (Å²) in [5.74, 6) is 0. The highest BCUT2D eigenvalue weighted by atomic mass is 79.9. The molecule has 0 saturated heterocycles. The number of para-hydroxylation sites is 2. The molecule has 0 atom stereocenters. The first kappa shape index (κ1) is 10.5. The molecular formula is C14H11BrN2. The molecule has 2 aromatic carbocycles. The lowest BCUT2D eigenvalue weighted by atomic mass is 10.2. The Labute approximate surface area is 108 Å². The number of imidazole rings is 1. The van der Waals surface area contributed by atoms with E-state index >= 15 is 0 Å². The lowest BCUT2D eigenvalue weighted by molar-refractivity contribution is 1.07. The Balaban J connectivity index is 2.27. The van der Waals surface area contributed by atoms with E-state index in [4.69, 9.17) is 0 Å². The molecule has 3 rings (SSSR count). The minimum absolute atomic E-state index is 1.02. The molecule has 3 aromatic rings. The number of aromatic nitrogens is 2. The van der Waals surface area contributed by atoms with Gasteiger partial charge in [-0.15, -0.1) is 0 Å². The first-order chi connectivity index (χ1) is 8.25. The average molecular weight is 287 g/mol. The van der Waals surface area contributed by atoms with Gasteiger partial charge in [-0.25, -0.2) is 4.98 Å². The fourth-order valence-electron chi connectivity index (χ4n) is 2.04. The molecule has 1 heterocycles. The third kappa shape index (κ3) is 1.76. The summed E-state index contributed by atoms with van der Waals surface area (Å²) in [6.07, 6.45) is 1.88. The Kier molecular flexibility index (Phi) is 2.48. The molecule has 17 heavy (non-hydrogen) atoms. The van der Waals surface area contributed by atoms with Crippen molar-refractivity contribution in [1.29, 1.82) is 0 Å². The molecule has 0 spiro atoms. The zero-order chi connectivity index (χ0) is 11.8. The van der Waals surface area contributed by atoms with E-state index < -0.39 is 0 Å². The lowest BCUT2D eigenvalue weighted by Crippen LogP contribution is -1.94. The molecule has 0 radical (unpaired) electrons. The minimum atomic E-state index is 1.02. The maximum Gasteiger partial charge on any atom is 0.100 e. The summed E-state index contributed by atoms with van der Waals surface area (Å²) in [5, 5.41) is 0. The highest BCUT2D eigenvalue weighted by Gasteiger charge is 2.06. The topological polar surface area (TPSA) is 17.8 Å². The van der Waals surface area contributed by atoms with Crippen molar-refractivity contribution in [3.63, 3.8) is 0 Å². The zero-order valence-corrected chi connectivity index (χ0v) is 11.0. The van der Waals surface area contributed by atoms with Crippen LogP contribution in [-0.4, -0.2) is 9.55 Å². The highest BCUT2D eigenvalue weighted by molar-refractivity contribution is 9.10. The van der Waals surface area contributed by atoms with E-state index in [2.05, 4.69) is 56.7 Å². The van der Waals surface area contributed by atoms with Gasteiger partial charge < -0.3 is 0 Å². The zero-order valence-electron chi connectivity index (χ0n) is 9.39. The SMILES string of the molecule is Cc1cc(Br)ccc1-n1cnc2ccccc21. The number of hydrogen-bond donors (Lipinski definition) is 0. The van der Waals surface area contributed by atoms with Crippen LogP contribution >= 0.6 is 15.9 Å². The maximum atomic E-state index is 4.41. The molecule has 0 aliphatic rings. The van der Waals surface area contributed by atoms with Crippen molar-refractivity contribution in [2.45, 2.75) is 6.92 Å². The molecule has 2 nitrogen and oxygen atoms in total. The van der Waals surface area contributed by atoms with Crippen LogP contribution in [-0.2, 0) is 0 Å². The average Bonchev–Trinajstić information content (AvgIpc) is 2.73. The molecule has 0 fully saturated rings.